The summed E-state index contributed by atoms with van der Waals surface area (Å²) in [4.78, 5) is 11.8. The lowest BCUT2D eigenvalue weighted by molar-refractivity contribution is -0.138. The number of benzene rings is 2. The summed E-state index contributed by atoms with van der Waals surface area (Å²) in [6.07, 6.45) is 1.65. The van der Waals surface area contributed by atoms with Gasteiger partial charge in [-0.3, -0.25) is 0 Å². The molecule has 2 aromatic carbocycles. The summed E-state index contributed by atoms with van der Waals surface area (Å²) in [5.41, 5.74) is 1.98. The van der Waals surface area contributed by atoms with Crippen LogP contribution in [-0.2, 0) is 9.53 Å². The first-order chi connectivity index (χ1) is 10.1. The number of rotatable bonds is 4. The van der Waals surface area contributed by atoms with E-state index in [0.29, 0.717) is 5.75 Å². The molecule has 21 heavy (non-hydrogen) atoms. The zero-order valence-corrected chi connectivity index (χ0v) is 13.4. The molecule has 3 nitrogen and oxygen atoms in total. The fourth-order valence-electron chi connectivity index (χ4n) is 1.67. The van der Waals surface area contributed by atoms with Crippen molar-refractivity contribution in [3.8, 4) is 5.75 Å². The number of ether oxygens (including phenoxy) is 2. The number of hydrogen-bond donors (Lipinski definition) is 0. The van der Waals surface area contributed by atoms with Crippen molar-refractivity contribution in [1.29, 1.82) is 0 Å². The molecule has 2 aromatic rings. The molecule has 0 saturated heterocycles. The van der Waals surface area contributed by atoms with E-state index < -0.39 is 5.97 Å². The summed E-state index contributed by atoms with van der Waals surface area (Å²) >= 11 is 3.37. The normalized spacial score (nSPS) is 11.1. The smallest absolute Gasteiger partial charge is 0.373 e. The van der Waals surface area contributed by atoms with E-state index in [2.05, 4.69) is 15.9 Å². The summed E-state index contributed by atoms with van der Waals surface area (Å²) in [5.74, 6) is 0.219. The molecule has 0 amide bonds. The van der Waals surface area contributed by atoms with Gasteiger partial charge in [0.2, 0.25) is 5.76 Å². The lowest BCUT2D eigenvalue weighted by Crippen LogP contribution is -2.10. The van der Waals surface area contributed by atoms with Crippen LogP contribution in [-0.4, -0.2) is 13.1 Å². The molecule has 0 N–H and O–H groups in total. The molecular formula is C17H15BrO3. The third kappa shape index (κ3) is 4.46. The van der Waals surface area contributed by atoms with Gasteiger partial charge in [-0.05, 0) is 42.8 Å². The minimum atomic E-state index is -0.515. The van der Waals surface area contributed by atoms with Gasteiger partial charge in [-0.1, -0.05) is 45.8 Å². The molecule has 0 aliphatic rings. The van der Waals surface area contributed by atoms with Crippen molar-refractivity contribution >= 4 is 28.0 Å². The van der Waals surface area contributed by atoms with Gasteiger partial charge in [0.1, 0.15) is 5.75 Å². The SMILES string of the molecule is COC(=O)/C(=C/c1ccc(Br)cc1)Oc1ccc(C)cc1. The van der Waals surface area contributed by atoms with Crippen LogP contribution in [0.3, 0.4) is 0 Å². The second-order valence-electron chi connectivity index (χ2n) is 4.47. The summed E-state index contributed by atoms with van der Waals surface area (Å²) in [7, 11) is 1.33. The van der Waals surface area contributed by atoms with Gasteiger partial charge in [-0.25, -0.2) is 4.79 Å². The molecule has 0 fully saturated rings. The number of esters is 1. The van der Waals surface area contributed by atoms with Crippen molar-refractivity contribution in [2.45, 2.75) is 6.92 Å². The highest BCUT2D eigenvalue weighted by Crippen LogP contribution is 2.18. The van der Waals surface area contributed by atoms with E-state index in [1.54, 1.807) is 6.08 Å². The minimum Gasteiger partial charge on any atom is -0.463 e. The summed E-state index contributed by atoms with van der Waals surface area (Å²) in [6.45, 7) is 1.99. The van der Waals surface area contributed by atoms with Gasteiger partial charge in [0.25, 0.3) is 0 Å². The molecule has 0 saturated carbocycles. The van der Waals surface area contributed by atoms with Crippen LogP contribution >= 0.6 is 15.9 Å². The summed E-state index contributed by atoms with van der Waals surface area (Å²) in [5, 5.41) is 0. The highest BCUT2D eigenvalue weighted by molar-refractivity contribution is 9.10. The van der Waals surface area contributed by atoms with Gasteiger partial charge in [0.15, 0.2) is 0 Å². The first kappa shape index (κ1) is 15.3. The monoisotopic (exact) mass is 346 g/mol. The van der Waals surface area contributed by atoms with Crippen molar-refractivity contribution in [3.63, 3.8) is 0 Å². The van der Waals surface area contributed by atoms with Crippen LogP contribution in [0.1, 0.15) is 11.1 Å². The Morgan fingerprint density at radius 1 is 1.05 bits per heavy atom. The van der Waals surface area contributed by atoms with E-state index in [1.165, 1.54) is 7.11 Å². The maximum Gasteiger partial charge on any atom is 0.373 e. The number of methoxy groups -OCH3 is 1. The maximum absolute atomic E-state index is 11.8. The molecule has 0 unspecified atom stereocenters. The van der Waals surface area contributed by atoms with Gasteiger partial charge in [-0.15, -0.1) is 0 Å². The molecule has 0 atom stereocenters. The Balaban J connectivity index is 2.27. The standard InChI is InChI=1S/C17H15BrO3/c1-12-3-9-15(10-4-12)21-16(17(19)20-2)11-13-5-7-14(18)8-6-13/h3-11H,1-2H3/b16-11-. The molecule has 0 aromatic heterocycles. The van der Waals surface area contributed by atoms with Gasteiger partial charge < -0.3 is 9.47 Å². The Bertz CT molecular complexity index is 643. The quantitative estimate of drug-likeness (QED) is 0.469. The lowest BCUT2D eigenvalue weighted by Gasteiger charge is -2.08. The highest BCUT2D eigenvalue weighted by atomic mass is 79.9. The summed E-state index contributed by atoms with van der Waals surface area (Å²) < 4.78 is 11.4. The molecule has 0 heterocycles. The Morgan fingerprint density at radius 3 is 2.24 bits per heavy atom. The third-order valence-electron chi connectivity index (χ3n) is 2.80. The van der Waals surface area contributed by atoms with Crippen molar-refractivity contribution < 1.29 is 14.3 Å². The van der Waals surface area contributed by atoms with E-state index in [4.69, 9.17) is 9.47 Å². The molecule has 2 rings (SSSR count). The van der Waals surface area contributed by atoms with Crippen LogP contribution in [0.5, 0.6) is 5.75 Å². The Labute approximate surface area is 132 Å². The number of carbonyl (C=O) groups excluding carboxylic acids is 1. The average Bonchev–Trinajstić information content (AvgIpc) is 2.50. The van der Waals surface area contributed by atoms with Crippen LogP contribution in [0, 0.1) is 6.92 Å². The largest absolute Gasteiger partial charge is 0.463 e. The van der Waals surface area contributed by atoms with E-state index in [0.717, 1.165) is 15.6 Å². The zero-order valence-electron chi connectivity index (χ0n) is 11.8. The maximum atomic E-state index is 11.8. The second kappa shape index (κ2) is 7.09. The van der Waals surface area contributed by atoms with E-state index >= 15 is 0 Å². The van der Waals surface area contributed by atoms with Crippen molar-refractivity contribution in [1.82, 2.24) is 0 Å². The number of halogens is 1. The number of hydrogen-bond acceptors (Lipinski definition) is 3. The van der Waals surface area contributed by atoms with E-state index in [1.807, 2.05) is 55.5 Å². The molecular weight excluding hydrogens is 332 g/mol. The number of carbonyl (C=O) groups is 1. The van der Waals surface area contributed by atoms with Gasteiger partial charge in [0, 0.05) is 4.47 Å². The minimum absolute atomic E-state index is 0.142. The first-order valence-electron chi connectivity index (χ1n) is 6.38. The van der Waals surface area contributed by atoms with Gasteiger partial charge in [-0.2, -0.15) is 0 Å². The summed E-state index contributed by atoms with van der Waals surface area (Å²) in [6, 6.07) is 15.0. The number of aryl methyl sites for hydroxylation is 1. The predicted octanol–water partition coefficient (Wildman–Crippen LogP) is 4.35. The van der Waals surface area contributed by atoms with Crippen LogP contribution in [0.4, 0.5) is 0 Å². The second-order valence-corrected chi connectivity index (χ2v) is 5.38. The van der Waals surface area contributed by atoms with Crippen LogP contribution < -0.4 is 4.74 Å². The van der Waals surface area contributed by atoms with Crippen LogP contribution in [0.25, 0.3) is 6.08 Å². The predicted molar refractivity (Wildman–Crippen MR) is 85.9 cm³/mol. The highest BCUT2D eigenvalue weighted by Gasteiger charge is 2.12. The molecule has 0 aliphatic carbocycles. The average molecular weight is 347 g/mol. The van der Waals surface area contributed by atoms with Crippen molar-refractivity contribution in [2.75, 3.05) is 7.11 Å². The van der Waals surface area contributed by atoms with Crippen LogP contribution in [0.2, 0.25) is 0 Å². The van der Waals surface area contributed by atoms with E-state index in [-0.39, 0.29) is 5.76 Å². The molecule has 0 bridgehead atoms. The molecule has 4 heteroatoms. The Morgan fingerprint density at radius 2 is 1.67 bits per heavy atom. The third-order valence-corrected chi connectivity index (χ3v) is 3.33. The first-order valence-corrected chi connectivity index (χ1v) is 7.18. The molecule has 0 spiro atoms. The molecule has 108 valence electrons. The van der Waals surface area contributed by atoms with Crippen molar-refractivity contribution in [2.24, 2.45) is 0 Å². The fourth-order valence-corrected chi connectivity index (χ4v) is 1.94. The van der Waals surface area contributed by atoms with E-state index in [9.17, 15) is 4.79 Å². The van der Waals surface area contributed by atoms with Gasteiger partial charge in [0.05, 0.1) is 7.11 Å². The molecule has 0 radical (unpaired) electrons. The molecule has 0 aliphatic heterocycles. The Hall–Kier alpha value is -2.07. The topological polar surface area (TPSA) is 35.5 Å². The Kier molecular flexibility index (Phi) is 5.17. The fraction of sp³-hybridized carbons (Fsp3) is 0.118. The zero-order chi connectivity index (χ0) is 15.2. The van der Waals surface area contributed by atoms with Crippen LogP contribution in [0.15, 0.2) is 58.8 Å². The lowest BCUT2D eigenvalue weighted by atomic mass is 10.2. The van der Waals surface area contributed by atoms with Gasteiger partial charge >= 0.3 is 5.97 Å². The van der Waals surface area contributed by atoms with Crippen molar-refractivity contribution in [3.05, 3.63) is 69.9 Å².